The first-order valence-corrected chi connectivity index (χ1v) is 11.6. The molecule has 2 aliphatic carbocycles. The molecular weight excluding hydrogens is 334 g/mol. The van der Waals surface area contributed by atoms with Gasteiger partial charge in [-0.15, -0.1) is 0 Å². The highest BCUT2D eigenvalue weighted by Crippen LogP contribution is 2.71. The van der Waals surface area contributed by atoms with Gasteiger partial charge in [0, 0.05) is 6.42 Å². The molecule has 1 aliphatic heterocycles. The number of fused-ring (bicyclic) bond motifs is 5. The van der Waals surface area contributed by atoms with Crippen LogP contribution in [0.5, 0.6) is 0 Å². The normalized spacial score (nSPS) is 37.3. The average molecular weight is 376 g/mol. The van der Waals surface area contributed by atoms with E-state index < -0.39 is 0 Å². The third-order valence-electron chi connectivity index (χ3n) is 8.45. The topological polar surface area (TPSA) is 42.2 Å². The minimum atomic E-state index is -0.299. The van der Waals surface area contributed by atoms with Crippen molar-refractivity contribution in [3.63, 3.8) is 0 Å². The molecule has 0 aromatic carbocycles. The van der Waals surface area contributed by atoms with E-state index >= 15 is 0 Å². The molecule has 3 fully saturated rings. The number of hydrogen-bond acceptors (Lipinski definition) is 3. The standard InChI is InChI=1S/C24H41NO2/c1-5-6-7-8-9-10-11-12-13-18(17-25)26-21-16-19-20-14-15-24(4,22(19)27-21)23(20,2)3/h18-22H,5-16H2,1-4H3/t18-,19+,20-,21+,22+,24+/m1/s1. The van der Waals surface area contributed by atoms with Crippen molar-refractivity contribution in [2.75, 3.05) is 0 Å². The molecule has 2 saturated carbocycles. The quantitative estimate of drug-likeness (QED) is 0.381. The Balaban J connectivity index is 1.37. The first-order chi connectivity index (χ1) is 12.9. The second kappa shape index (κ2) is 8.83. The van der Waals surface area contributed by atoms with E-state index in [9.17, 15) is 5.26 Å². The number of nitriles is 1. The molecule has 0 unspecified atom stereocenters. The van der Waals surface area contributed by atoms with Crippen molar-refractivity contribution in [1.82, 2.24) is 0 Å². The van der Waals surface area contributed by atoms with Crippen LogP contribution in [0.25, 0.3) is 0 Å². The van der Waals surface area contributed by atoms with Crippen molar-refractivity contribution in [3.05, 3.63) is 0 Å². The van der Waals surface area contributed by atoms with Gasteiger partial charge in [0.1, 0.15) is 6.10 Å². The number of ether oxygens (including phenoxy) is 2. The van der Waals surface area contributed by atoms with E-state index in [1.807, 2.05) is 0 Å². The minimum absolute atomic E-state index is 0.158. The van der Waals surface area contributed by atoms with Crippen LogP contribution >= 0.6 is 0 Å². The van der Waals surface area contributed by atoms with Crippen molar-refractivity contribution in [2.24, 2.45) is 22.7 Å². The van der Waals surface area contributed by atoms with Crippen LogP contribution < -0.4 is 0 Å². The van der Waals surface area contributed by atoms with E-state index in [0.717, 1.165) is 25.2 Å². The van der Waals surface area contributed by atoms with Gasteiger partial charge in [-0.05, 0) is 48.3 Å². The number of rotatable bonds is 11. The summed E-state index contributed by atoms with van der Waals surface area (Å²) in [7, 11) is 0. The van der Waals surface area contributed by atoms with Crippen LogP contribution in [0, 0.1) is 34.0 Å². The molecule has 2 bridgehead atoms. The zero-order valence-corrected chi connectivity index (χ0v) is 18.1. The van der Waals surface area contributed by atoms with Gasteiger partial charge in [0.2, 0.25) is 0 Å². The molecule has 0 aromatic rings. The third-order valence-corrected chi connectivity index (χ3v) is 8.45. The Bertz CT molecular complexity index is 525. The second-order valence-corrected chi connectivity index (χ2v) is 10.2. The van der Waals surface area contributed by atoms with E-state index in [4.69, 9.17) is 9.47 Å². The van der Waals surface area contributed by atoms with Crippen LogP contribution in [0.15, 0.2) is 0 Å². The lowest BCUT2D eigenvalue weighted by atomic mass is 9.70. The largest absolute Gasteiger partial charge is 0.348 e. The van der Waals surface area contributed by atoms with Crippen molar-refractivity contribution in [2.45, 2.75) is 123 Å². The van der Waals surface area contributed by atoms with Gasteiger partial charge in [-0.2, -0.15) is 5.26 Å². The summed E-state index contributed by atoms with van der Waals surface area (Å²) in [5.74, 6) is 1.39. The maximum atomic E-state index is 9.51. The van der Waals surface area contributed by atoms with Gasteiger partial charge < -0.3 is 9.47 Å². The maximum absolute atomic E-state index is 9.51. The Labute approximate surface area is 167 Å². The Kier molecular flexibility index (Phi) is 6.91. The molecule has 27 heavy (non-hydrogen) atoms. The fourth-order valence-electron chi connectivity index (χ4n) is 6.38. The molecule has 0 spiro atoms. The monoisotopic (exact) mass is 375 g/mol. The first-order valence-electron chi connectivity index (χ1n) is 11.6. The van der Waals surface area contributed by atoms with Crippen LogP contribution in [0.1, 0.15) is 105 Å². The summed E-state index contributed by atoms with van der Waals surface area (Å²) in [6, 6.07) is 2.38. The summed E-state index contributed by atoms with van der Waals surface area (Å²) in [5.41, 5.74) is 0.652. The molecule has 1 saturated heterocycles. The van der Waals surface area contributed by atoms with Gasteiger partial charge in [-0.1, -0.05) is 72.6 Å². The third kappa shape index (κ3) is 4.08. The number of nitrogens with zero attached hydrogens (tertiary/aromatic N) is 1. The van der Waals surface area contributed by atoms with Crippen molar-refractivity contribution in [3.8, 4) is 6.07 Å². The summed E-state index contributed by atoms with van der Waals surface area (Å²) in [4.78, 5) is 0. The van der Waals surface area contributed by atoms with Crippen LogP contribution in [-0.4, -0.2) is 18.5 Å². The fraction of sp³-hybridized carbons (Fsp3) is 0.958. The van der Waals surface area contributed by atoms with Gasteiger partial charge in [0.15, 0.2) is 6.29 Å². The van der Waals surface area contributed by atoms with Gasteiger partial charge in [-0.3, -0.25) is 0 Å². The molecule has 3 nitrogen and oxygen atoms in total. The van der Waals surface area contributed by atoms with E-state index in [2.05, 4.69) is 33.8 Å². The van der Waals surface area contributed by atoms with E-state index in [0.29, 0.717) is 17.4 Å². The molecule has 0 radical (unpaired) electrons. The van der Waals surface area contributed by atoms with Crippen molar-refractivity contribution in [1.29, 1.82) is 5.26 Å². The number of hydrogen-bond donors (Lipinski definition) is 0. The number of unbranched alkanes of at least 4 members (excludes halogenated alkanes) is 7. The smallest absolute Gasteiger partial charge is 0.160 e. The zero-order chi connectivity index (χ0) is 19.5. The molecule has 0 aromatic heterocycles. The van der Waals surface area contributed by atoms with Crippen LogP contribution in [0.2, 0.25) is 0 Å². The lowest BCUT2D eigenvalue weighted by Gasteiger charge is -2.38. The summed E-state index contributed by atoms with van der Waals surface area (Å²) in [6.07, 6.45) is 14.7. The Morgan fingerprint density at radius 1 is 1.07 bits per heavy atom. The predicted molar refractivity (Wildman–Crippen MR) is 109 cm³/mol. The van der Waals surface area contributed by atoms with Gasteiger partial charge in [0.05, 0.1) is 12.2 Å². The maximum Gasteiger partial charge on any atom is 0.160 e. The Morgan fingerprint density at radius 2 is 1.74 bits per heavy atom. The molecule has 0 N–H and O–H groups in total. The molecule has 154 valence electrons. The predicted octanol–water partition coefficient (Wildman–Crippen LogP) is 6.61. The van der Waals surface area contributed by atoms with Crippen LogP contribution in [0.4, 0.5) is 0 Å². The highest BCUT2D eigenvalue weighted by Gasteiger charge is 2.69. The zero-order valence-electron chi connectivity index (χ0n) is 18.1. The second-order valence-electron chi connectivity index (χ2n) is 10.2. The molecule has 3 aliphatic rings. The molecule has 3 heteroatoms. The van der Waals surface area contributed by atoms with Gasteiger partial charge >= 0.3 is 0 Å². The van der Waals surface area contributed by atoms with Crippen LogP contribution in [0.3, 0.4) is 0 Å². The van der Waals surface area contributed by atoms with E-state index in [-0.39, 0.29) is 17.8 Å². The lowest BCUT2D eigenvalue weighted by Crippen LogP contribution is -2.38. The van der Waals surface area contributed by atoms with Crippen molar-refractivity contribution < 1.29 is 9.47 Å². The molecule has 6 atom stereocenters. The van der Waals surface area contributed by atoms with Gasteiger partial charge in [-0.25, -0.2) is 0 Å². The molecule has 3 rings (SSSR count). The summed E-state index contributed by atoms with van der Waals surface area (Å²) < 4.78 is 12.5. The van der Waals surface area contributed by atoms with Crippen molar-refractivity contribution >= 4 is 0 Å². The van der Waals surface area contributed by atoms with Gasteiger partial charge in [0.25, 0.3) is 0 Å². The summed E-state index contributed by atoms with van der Waals surface area (Å²) in [5, 5.41) is 9.51. The molecule has 0 amide bonds. The lowest BCUT2D eigenvalue weighted by molar-refractivity contribution is -0.177. The average Bonchev–Trinajstić information content (AvgIpc) is 3.20. The highest BCUT2D eigenvalue weighted by atomic mass is 16.7. The highest BCUT2D eigenvalue weighted by molar-refractivity contribution is 5.16. The van der Waals surface area contributed by atoms with E-state index in [1.54, 1.807) is 0 Å². The summed E-state index contributed by atoms with van der Waals surface area (Å²) in [6.45, 7) is 9.54. The SMILES string of the molecule is CCCCCCCCCC[C@H](C#N)O[C@@H]1C[C@H]2[C@H]3CC[C@@](C)([C@H]2O1)C3(C)C. The molecular formula is C24H41NO2. The molecule has 1 heterocycles. The minimum Gasteiger partial charge on any atom is -0.348 e. The fourth-order valence-corrected chi connectivity index (χ4v) is 6.38. The van der Waals surface area contributed by atoms with E-state index in [1.165, 1.54) is 57.8 Å². The Hall–Kier alpha value is -0.590. The Morgan fingerprint density at radius 3 is 2.37 bits per heavy atom. The first kappa shape index (κ1) is 21.1. The summed E-state index contributed by atoms with van der Waals surface area (Å²) >= 11 is 0. The van der Waals surface area contributed by atoms with Crippen LogP contribution in [-0.2, 0) is 9.47 Å².